The van der Waals surface area contributed by atoms with Crippen molar-refractivity contribution in [3.05, 3.63) is 71.5 Å². The molecule has 3 nitrogen and oxygen atoms in total. The third kappa shape index (κ3) is 2.45. The molecule has 20 heavy (non-hydrogen) atoms. The van der Waals surface area contributed by atoms with Crippen LogP contribution in [0, 0.1) is 5.82 Å². The number of oxime groups is 1. The number of carbonyl (C=O) groups excluding carboxylic acids is 1. The molecule has 100 valence electrons. The minimum atomic E-state index is -0.367. The Kier molecular flexibility index (Phi) is 3.29. The zero-order valence-electron chi connectivity index (χ0n) is 10.6. The highest BCUT2D eigenvalue weighted by atomic mass is 19.1. The number of nitrogens with zero attached hydrogens (tertiary/aromatic N) is 1. The molecule has 2 aromatic rings. The van der Waals surface area contributed by atoms with Crippen molar-refractivity contribution in [2.75, 3.05) is 0 Å². The molecule has 1 heterocycles. The second-order valence-corrected chi connectivity index (χ2v) is 4.58. The van der Waals surface area contributed by atoms with E-state index in [2.05, 4.69) is 5.16 Å². The average molecular weight is 269 g/mol. The molecule has 0 aliphatic carbocycles. The van der Waals surface area contributed by atoms with Crippen LogP contribution in [-0.2, 0) is 4.84 Å². The van der Waals surface area contributed by atoms with E-state index in [0.29, 0.717) is 17.7 Å². The van der Waals surface area contributed by atoms with Crippen molar-refractivity contribution in [1.82, 2.24) is 0 Å². The molecule has 0 fully saturated rings. The van der Waals surface area contributed by atoms with Crippen molar-refractivity contribution in [3.8, 4) is 0 Å². The number of benzene rings is 2. The van der Waals surface area contributed by atoms with Crippen LogP contribution in [0.4, 0.5) is 4.39 Å². The Morgan fingerprint density at radius 1 is 1.10 bits per heavy atom. The van der Waals surface area contributed by atoms with Crippen molar-refractivity contribution >= 4 is 11.5 Å². The molecular formula is C16H12FNO2. The average Bonchev–Trinajstić information content (AvgIpc) is 2.98. The highest BCUT2D eigenvalue weighted by Gasteiger charge is 2.27. The first-order valence-electron chi connectivity index (χ1n) is 6.32. The van der Waals surface area contributed by atoms with Gasteiger partial charge in [-0.3, -0.25) is 4.79 Å². The Labute approximate surface area is 115 Å². The Morgan fingerprint density at radius 2 is 1.80 bits per heavy atom. The molecule has 4 heteroatoms. The quantitative estimate of drug-likeness (QED) is 0.799. The van der Waals surface area contributed by atoms with Crippen LogP contribution in [0.15, 0.2) is 59.8 Å². The molecule has 0 spiro atoms. The predicted molar refractivity (Wildman–Crippen MR) is 73.1 cm³/mol. The molecule has 0 radical (unpaired) electrons. The summed E-state index contributed by atoms with van der Waals surface area (Å²) in [7, 11) is 0. The molecule has 0 amide bonds. The van der Waals surface area contributed by atoms with Crippen molar-refractivity contribution < 1.29 is 14.0 Å². The molecule has 1 aliphatic rings. The van der Waals surface area contributed by atoms with Crippen molar-refractivity contribution in [1.29, 1.82) is 0 Å². The van der Waals surface area contributed by atoms with Crippen LogP contribution in [-0.4, -0.2) is 11.5 Å². The first-order chi connectivity index (χ1) is 9.74. The minimum Gasteiger partial charge on any atom is -0.387 e. The van der Waals surface area contributed by atoms with E-state index in [-0.39, 0.29) is 17.7 Å². The molecule has 1 unspecified atom stereocenters. The molecule has 0 bridgehead atoms. The lowest BCUT2D eigenvalue weighted by molar-refractivity contribution is 0.0856. The topological polar surface area (TPSA) is 38.7 Å². The van der Waals surface area contributed by atoms with Crippen LogP contribution in [0.1, 0.15) is 28.4 Å². The molecule has 2 aromatic carbocycles. The maximum atomic E-state index is 12.8. The number of hydrogen-bond acceptors (Lipinski definition) is 3. The first-order valence-corrected chi connectivity index (χ1v) is 6.32. The highest BCUT2D eigenvalue weighted by Crippen LogP contribution is 2.28. The van der Waals surface area contributed by atoms with Crippen LogP contribution >= 0.6 is 0 Å². The summed E-state index contributed by atoms with van der Waals surface area (Å²) in [5.74, 6) is -0.586. The van der Waals surface area contributed by atoms with Gasteiger partial charge in [-0.2, -0.15) is 0 Å². The van der Waals surface area contributed by atoms with Crippen molar-refractivity contribution in [3.63, 3.8) is 0 Å². The highest BCUT2D eigenvalue weighted by molar-refractivity contribution is 6.46. The van der Waals surface area contributed by atoms with Gasteiger partial charge < -0.3 is 4.84 Å². The number of rotatable bonds is 3. The number of Topliss-reactive ketones (excluding diaryl/α,β-unsaturated/α-hetero) is 1. The zero-order chi connectivity index (χ0) is 13.9. The molecule has 1 aliphatic heterocycles. The van der Waals surface area contributed by atoms with Gasteiger partial charge in [-0.25, -0.2) is 4.39 Å². The number of halogens is 1. The van der Waals surface area contributed by atoms with Gasteiger partial charge in [-0.1, -0.05) is 35.5 Å². The van der Waals surface area contributed by atoms with Gasteiger partial charge in [0.15, 0.2) is 6.10 Å². The summed E-state index contributed by atoms with van der Waals surface area (Å²) in [6.07, 6.45) is 0.204. The lowest BCUT2D eigenvalue weighted by Gasteiger charge is -2.07. The lowest BCUT2D eigenvalue weighted by atomic mass is 9.99. The van der Waals surface area contributed by atoms with E-state index >= 15 is 0 Å². The van der Waals surface area contributed by atoms with Crippen LogP contribution in [0.5, 0.6) is 0 Å². The summed E-state index contributed by atoms with van der Waals surface area (Å²) in [5.41, 5.74) is 1.77. The van der Waals surface area contributed by atoms with Crippen LogP contribution in [0.2, 0.25) is 0 Å². The van der Waals surface area contributed by atoms with Gasteiger partial charge >= 0.3 is 0 Å². The summed E-state index contributed by atoms with van der Waals surface area (Å²) in [5, 5.41) is 3.87. The van der Waals surface area contributed by atoms with E-state index in [0.717, 1.165) is 5.56 Å². The normalized spacial score (nSPS) is 17.4. The van der Waals surface area contributed by atoms with Gasteiger partial charge in [0, 0.05) is 12.0 Å². The number of carbonyl (C=O) groups is 1. The summed E-state index contributed by atoms with van der Waals surface area (Å²) in [6, 6.07) is 15.1. The van der Waals surface area contributed by atoms with E-state index in [1.165, 1.54) is 24.3 Å². The molecule has 1 atom stereocenters. The van der Waals surface area contributed by atoms with Gasteiger partial charge in [-0.05, 0) is 29.8 Å². The molecular weight excluding hydrogens is 257 g/mol. The fourth-order valence-electron chi connectivity index (χ4n) is 2.13. The lowest BCUT2D eigenvalue weighted by Crippen LogP contribution is -2.13. The fourth-order valence-corrected chi connectivity index (χ4v) is 2.13. The summed E-state index contributed by atoms with van der Waals surface area (Å²) in [6.45, 7) is 0. The Bertz CT molecular complexity index is 650. The van der Waals surface area contributed by atoms with Crippen molar-refractivity contribution in [2.45, 2.75) is 12.5 Å². The minimum absolute atomic E-state index is 0.219. The number of ketones is 1. The zero-order valence-corrected chi connectivity index (χ0v) is 10.6. The summed E-state index contributed by atoms with van der Waals surface area (Å²) in [4.78, 5) is 17.5. The van der Waals surface area contributed by atoms with Gasteiger partial charge in [0.1, 0.15) is 11.5 Å². The van der Waals surface area contributed by atoms with Crippen LogP contribution in [0.3, 0.4) is 0 Å². The molecule has 3 rings (SSSR count). The Morgan fingerprint density at radius 3 is 2.50 bits per heavy atom. The van der Waals surface area contributed by atoms with Crippen LogP contribution < -0.4 is 0 Å². The van der Waals surface area contributed by atoms with E-state index in [9.17, 15) is 9.18 Å². The van der Waals surface area contributed by atoms with Crippen molar-refractivity contribution in [2.24, 2.45) is 5.16 Å². The second-order valence-electron chi connectivity index (χ2n) is 4.58. The van der Waals surface area contributed by atoms with E-state index < -0.39 is 0 Å². The smallest absolute Gasteiger partial charge is 0.210 e. The van der Waals surface area contributed by atoms with Gasteiger partial charge in [-0.15, -0.1) is 0 Å². The third-order valence-corrected chi connectivity index (χ3v) is 3.21. The van der Waals surface area contributed by atoms with Gasteiger partial charge in [0.05, 0.1) is 0 Å². The molecule has 0 saturated carbocycles. The molecule has 0 saturated heterocycles. The number of hydrogen-bond donors (Lipinski definition) is 0. The SMILES string of the molecule is O=C(C1=NOC(c2ccccc2)C1)c1ccc(F)cc1. The maximum absolute atomic E-state index is 12.8. The van der Waals surface area contributed by atoms with E-state index in [1.807, 2.05) is 30.3 Å². The molecule has 0 N–H and O–H groups in total. The first kappa shape index (κ1) is 12.5. The van der Waals surface area contributed by atoms with E-state index in [1.54, 1.807) is 0 Å². The summed E-state index contributed by atoms with van der Waals surface area (Å²) < 4.78 is 12.8. The fraction of sp³-hybridized carbons (Fsp3) is 0.125. The Balaban J connectivity index is 1.74. The second kappa shape index (κ2) is 5.25. The van der Waals surface area contributed by atoms with Gasteiger partial charge in [0.2, 0.25) is 5.78 Å². The maximum Gasteiger partial charge on any atom is 0.210 e. The standard InChI is InChI=1S/C16H12FNO2/c17-13-8-6-12(7-9-13)16(19)14-10-15(20-18-14)11-4-2-1-3-5-11/h1-9,15H,10H2. The van der Waals surface area contributed by atoms with Crippen LogP contribution in [0.25, 0.3) is 0 Å². The third-order valence-electron chi connectivity index (χ3n) is 3.21. The predicted octanol–water partition coefficient (Wildman–Crippen LogP) is 3.53. The Hall–Kier alpha value is -2.49. The monoisotopic (exact) mass is 269 g/mol. The molecule has 0 aromatic heterocycles. The summed E-state index contributed by atoms with van der Waals surface area (Å²) >= 11 is 0. The van der Waals surface area contributed by atoms with E-state index in [4.69, 9.17) is 4.84 Å². The largest absolute Gasteiger partial charge is 0.387 e. The van der Waals surface area contributed by atoms with Gasteiger partial charge in [0.25, 0.3) is 0 Å².